The summed E-state index contributed by atoms with van der Waals surface area (Å²) in [6, 6.07) is 4.25. The van der Waals surface area contributed by atoms with Crippen LogP contribution in [-0.2, 0) is 11.2 Å². The smallest absolute Gasteiger partial charge is 0.225 e. The molecule has 146 valence electrons. The normalized spacial score (nSPS) is 16.4. The average molecular weight is 363 g/mol. The fourth-order valence-corrected chi connectivity index (χ4v) is 2.99. The Morgan fingerprint density at radius 2 is 2.04 bits per heavy atom. The van der Waals surface area contributed by atoms with Gasteiger partial charge in [0.2, 0.25) is 5.91 Å². The third-order valence-corrected chi connectivity index (χ3v) is 4.50. The van der Waals surface area contributed by atoms with Crippen molar-refractivity contribution < 1.29 is 9.21 Å². The minimum absolute atomic E-state index is 0.0749. The zero-order valence-corrected chi connectivity index (χ0v) is 16.6. The van der Waals surface area contributed by atoms with Crippen molar-refractivity contribution in [1.29, 1.82) is 0 Å². The molecule has 1 aliphatic rings. The highest BCUT2D eigenvalue weighted by Gasteiger charge is 2.24. The maximum absolute atomic E-state index is 12.1. The van der Waals surface area contributed by atoms with Gasteiger partial charge in [0.15, 0.2) is 5.96 Å². The lowest BCUT2D eigenvalue weighted by Crippen LogP contribution is -2.50. The summed E-state index contributed by atoms with van der Waals surface area (Å²) in [7, 11) is 0. The molecule has 6 heteroatoms. The van der Waals surface area contributed by atoms with Crippen LogP contribution in [0, 0.1) is 11.8 Å². The zero-order valence-electron chi connectivity index (χ0n) is 16.6. The van der Waals surface area contributed by atoms with Gasteiger partial charge in [-0.05, 0) is 30.9 Å². The Balaban J connectivity index is 1.82. The molecule has 0 radical (unpaired) electrons. The highest BCUT2D eigenvalue weighted by Crippen LogP contribution is 2.13. The van der Waals surface area contributed by atoms with Crippen LogP contribution >= 0.6 is 0 Å². The molecule has 26 heavy (non-hydrogen) atoms. The van der Waals surface area contributed by atoms with Crippen molar-refractivity contribution in [1.82, 2.24) is 15.5 Å². The molecule has 0 saturated carbocycles. The predicted molar refractivity (Wildman–Crippen MR) is 105 cm³/mol. The van der Waals surface area contributed by atoms with E-state index in [4.69, 9.17) is 9.41 Å². The van der Waals surface area contributed by atoms with Gasteiger partial charge in [-0.15, -0.1) is 0 Å². The summed E-state index contributed by atoms with van der Waals surface area (Å²) in [4.78, 5) is 18.8. The molecular formula is C20H34N4O2. The summed E-state index contributed by atoms with van der Waals surface area (Å²) in [5.74, 6) is 2.68. The Morgan fingerprint density at radius 3 is 2.62 bits per heavy atom. The van der Waals surface area contributed by atoms with Crippen LogP contribution < -0.4 is 10.6 Å². The number of furan rings is 1. The number of nitrogens with zero attached hydrogens (tertiary/aromatic N) is 2. The molecular weight excluding hydrogens is 328 g/mol. The predicted octanol–water partition coefficient (Wildman–Crippen LogP) is 2.66. The summed E-state index contributed by atoms with van der Waals surface area (Å²) in [5.41, 5.74) is 0. The van der Waals surface area contributed by atoms with Crippen LogP contribution in [0.4, 0.5) is 0 Å². The summed E-state index contributed by atoms with van der Waals surface area (Å²) < 4.78 is 5.38. The highest BCUT2D eigenvalue weighted by molar-refractivity contribution is 5.80. The lowest BCUT2D eigenvalue weighted by Gasteiger charge is -2.34. The fourth-order valence-electron chi connectivity index (χ4n) is 2.99. The number of rotatable bonds is 7. The monoisotopic (exact) mass is 362 g/mol. The van der Waals surface area contributed by atoms with Gasteiger partial charge in [0.25, 0.3) is 0 Å². The second-order valence-corrected chi connectivity index (χ2v) is 7.74. The van der Waals surface area contributed by atoms with Gasteiger partial charge in [-0.3, -0.25) is 9.79 Å². The Morgan fingerprint density at radius 1 is 1.31 bits per heavy atom. The Hall–Kier alpha value is -1.98. The van der Waals surface area contributed by atoms with Crippen molar-refractivity contribution in [2.24, 2.45) is 16.8 Å². The van der Waals surface area contributed by atoms with Crippen LogP contribution in [0.15, 0.2) is 27.8 Å². The van der Waals surface area contributed by atoms with Gasteiger partial charge in [0.1, 0.15) is 5.76 Å². The summed E-state index contributed by atoms with van der Waals surface area (Å²) in [6.07, 6.45) is 4.45. The van der Waals surface area contributed by atoms with E-state index in [1.807, 2.05) is 30.9 Å². The van der Waals surface area contributed by atoms with Gasteiger partial charge in [0, 0.05) is 44.6 Å². The quantitative estimate of drug-likeness (QED) is 0.578. The molecule has 1 fully saturated rings. The molecule has 0 bridgehead atoms. The minimum atomic E-state index is 0.0749. The Labute approximate surface area is 157 Å². The number of nitrogens with one attached hydrogen (secondary N) is 2. The Bertz CT molecular complexity index is 558. The lowest BCUT2D eigenvalue weighted by molar-refractivity contribution is -0.135. The second kappa shape index (κ2) is 10.2. The van der Waals surface area contributed by atoms with Crippen molar-refractivity contribution in [2.45, 2.75) is 53.0 Å². The summed E-state index contributed by atoms with van der Waals surface area (Å²) in [6.45, 7) is 11.5. The van der Waals surface area contributed by atoms with E-state index in [1.54, 1.807) is 6.26 Å². The van der Waals surface area contributed by atoms with Crippen molar-refractivity contribution in [3.05, 3.63) is 24.2 Å². The molecule has 1 aliphatic heterocycles. The van der Waals surface area contributed by atoms with Crippen LogP contribution in [0.2, 0.25) is 0 Å². The fraction of sp³-hybridized carbons (Fsp3) is 0.700. The first kappa shape index (κ1) is 20.3. The SMILES string of the molecule is CC(C)CN=C(NCCc1ccco1)NC1CCN(C(=O)C(C)C)CC1. The van der Waals surface area contributed by atoms with Gasteiger partial charge in [-0.25, -0.2) is 0 Å². The first-order valence-electron chi connectivity index (χ1n) is 9.81. The molecule has 6 nitrogen and oxygen atoms in total. The Kier molecular flexibility index (Phi) is 8.01. The summed E-state index contributed by atoms with van der Waals surface area (Å²) in [5, 5.41) is 6.96. The number of carbonyl (C=O) groups is 1. The topological polar surface area (TPSA) is 69.9 Å². The molecule has 0 spiro atoms. The molecule has 1 aromatic rings. The second-order valence-electron chi connectivity index (χ2n) is 7.74. The van der Waals surface area contributed by atoms with E-state index in [1.165, 1.54) is 0 Å². The third-order valence-electron chi connectivity index (χ3n) is 4.50. The third kappa shape index (κ3) is 6.73. The number of guanidine groups is 1. The minimum Gasteiger partial charge on any atom is -0.469 e. The molecule has 1 amide bonds. The van der Waals surface area contributed by atoms with E-state index >= 15 is 0 Å². The van der Waals surface area contributed by atoms with Crippen LogP contribution in [0.5, 0.6) is 0 Å². The van der Waals surface area contributed by atoms with Gasteiger partial charge >= 0.3 is 0 Å². The number of piperidine rings is 1. The molecule has 2 rings (SSSR count). The first-order valence-corrected chi connectivity index (χ1v) is 9.81. The van der Waals surface area contributed by atoms with E-state index in [0.29, 0.717) is 12.0 Å². The number of hydrogen-bond donors (Lipinski definition) is 2. The molecule has 1 saturated heterocycles. The maximum Gasteiger partial charge on any atom is 0.225 e. The molecule has 2 heterocycles. The largest absolute Gasteiger partial charge is 0.469 e. The number of aliphatic imine (C=N–C) groups is 1. The van der Waals surface area contributed by atoms with Gasteiger partial charge in [-0.2, -0.15) is 0 Å². The average Bonchev–Trinajstić information content (AvgIpc) is 3.12. The van der Waals surface area contributed by atoms with Crippen molar-refractivity contribution in [2.75, 3.05) is 26.2 Å². The van der Waals surface area contributed by atoms with Crippen LogP contribution in [-0.4, -0.2) is 49.0 Å². The van der Waals surface area contributed by atoms with Crippen LogP contribution in [0.1, 0.15) is 46.3 Å². The molecule has 0 aliphatic carbocycles. The van der Waals surface area contributed by atoms with Gasteiger partial charge < -0.3 is 20.0 Å². The number of hydrogen-bond acceptors (Lipinski definition) is 3. The number of amides is 1. The number of carbonyl (C=O) groups excluding carboxylic acids is 1. The molecule has 2 N–H and O–H groups in total. The van der Waals surface area contributed by atoms with Crippen molar-refractivity contribution >= 4 is 11.9 Å². The van der Waals surface area contributed by atoms with Crippen LogP contribution in [0.25, 0.3) is 0 Å². The van der Waals surface area contributed by atoms with E-state index < -0.39 is 0 Å². The van der Waals surface area contributed by atoms with Crippen molar-refractivity contribution in [3.8, 4) is 0 Å². The molecule has 0 unspecified atom stereocenters. The first-order chi connectivity index (χ1) is 12.5. The molecule has 0 aromatic carbocycles. The van der Waals surface area contributed by atoms with E-state index in [-0.39, 0.29) is 11.8 Å². The van der Waals surface area contributed by atoms with Gasteiger partial charge in [0.05, 0.1) is 6.26 Å². The molecule has 0 atom stereocenters. The maximum atomic E-state index is 12.1. The van der Waals surface area contributed by atoms with E-state index in [2.05, 4.69) is 24.5 Å². The van der Waals surface area contributed by atoms with E-state index in [0.717, 1.165) is 57.2 Å². The molecule has 1 aromatic heterocycles. The van der Waals surface area contributed by atoms with E-state index in [9.17, 15) is 4.79 Å². The lowest BCUT2D eigenvalue weighted by atomic mass is 10.0. The number of likely N-dealkylation sites (tertiary alicyclic amines) is 1. The summed E-state index contributed by atoms with van der Waals surface area (Å²) >= 11 is 0. The zero-order chi connectivity index (χ0) is 18.9. The standard InChI is InChI=1S/C20H34N4O2/c1-15(2)14-22-20(21-10-7-18-6-5-13-26-18)23-17-8-11-24(12-9-17)19(25)16(3)4/h5-6,13,15-17H,7-12,14H2,1-4H3,(H2,21,22,23). The van der Waals surface area contributed by atoms with Crippen LogP contribution in [0.3, 0.4) is 0 Å². The van der Waals surface area contributed by atoms with Crippen molar-refractivity contribution in [3.63, 3.8) is 0 Å². The highest BCUT2D eigenvalue weighted by atomic mass is 16.3. The van der Waals surface area contributed by atoms with Gasteiger partial charge in [-0.1, -0.05) is 27.7 Å².